The monoisotopic (exact) mass is 398 g/mol. The molecule has 0 bridgehead atoms. The Kier molecular flexibility index (Phi) is 4.98. The molecule has 3 aromatic rings. The minimum Gasteiger partial charge on any atom is -0.348 e. The second-order valence-corrected chi connectivity index (χ2v) is 6.56. The second-order valence-electron chi connectivity index (χ2n) is 6.56. The highest BCUT2D eigenvalue weighted by Gasteiger charge is 2.35. The summed E-state index contributed by atoms with van der Waals surface area (Å²) < 4.78 is 27.8. The molecule has 8 nitrogen and oxygen atoms in total. The van der Waals surface area contributed by atoms with Crippen LogP contribution in [0.3, 0.4) is 0 Å². The maximum absolute atomic E-state index is 13.5. The number of nitrogens with zero attached hydrogens (tertiary/aromatic N) is 5. The first-order valence-corrected chi connectivity index (χ1v) is 8.89. The van der Waals surface area contributed by atoms with E-state index in [1.54, 1.807) is 4.90 Å². The van der Waals surface area contributed by atoms with E-state index in [-0.39, 0.29) is 42.8 Å². The number of tetrazole rings is 1. The van der Waals surface area contributed by atoms with E-state index in [1.165, 1.54) is 10.7 Å². The quantitative estimate of drug-likeness (QED) is 0.705. The van der Waals surface area contributed by atoms with Crippen molar-refractivity contribution in [2.45, 2.75) is 13.0 Å². The number of hydrogen-bond donors (Lipinski definition) is 1. The van der Waals surface area contributed by atoms with E-state index < -0.39 is 17.6 Å². The van der Waals surface area contributed by atoms with Crippen LogP contribution in [-0.2, 0) is 16.1 Å². The van der Waals surface area contributed by atoms with Crippen molar-refractivity contribution in [3.8, 4) is 5.69 Å². The summed E-state index contributed by atoms with van der Waals surface area (Å²) in [5, 5.41) is 13.8. The number of halogens is 2. The van der Waals surface area contributed by atoms with Crippen LogP contribution in [0.4, 0.5) is 14.5 Å². The molecule has 10 heteroatoms. The van der Waals surface area contributed by atoms with Crippen molar-refractivity contribution in [3.05, 3.63) is 66.0 Å². The van der Waals surface area contributed by atoms with Crippen LogP contribution < -0.4 is 10.2 Å². The zero-order chi connectivity index (χ0) is 20.4. The molecule has 0 radical (unpaired) electrons. The van der Waals surface area contributed by atoms with Crippen molar-refractivity contribution in [1.29, 1.82) is 0 Å². The fourth-order valence-electron chi connectivity index (χ4n) is 3.18. The van der Waals surface area contributed by atoms with Crippen LogP contribution in [0.2, 0.25) is 0 Å². The number of benzene rings is 2. The van der Waals surface area contributed by atoms with Gasteiger partial charge in [-0.3, -0.25) is 9.59 Å². The Balaban J connectivity index is 1.41. The molecule has 0 spiro atoms. The van der Waals surface area contributed by atoms with Crippen molar-refractivity contribution in [3.63, 3.8) is 0 Å². The molecule has 0 aliphatic carbocycles. The minimum absolute atomic E-state index is 0.0269. The lowest BCUT2D eigenvalue weighted by atomic mass is 10.1. The first kappa shape index (κ1) is 18.7. The molecule has 1 N–H and O–H groups in total. The SMILES string of the molecule is O=C(NCc1nnnn1-c1ccc(F)c(F)c1)C1CC(=O)N(c2ccccc2)C1. The topological polar surface area (TPSA) is 93.0 Å². The Labute approximate surface area is 164 Å². The van der Waals surface area contributed by atoms with Crippen LogP contribution in [0.5, 0.6) is 0 Å². The van der Waals surface area contributed by atoms with Gasteiger partial charge in [-0.1, -0.05) is 18.2 Å². The molecule has 2 amide bonds. The lowest BCUT2D eigenvalue weighted by Gasteiger charge is -2.16. The molecule has 1 saturated heterocycles. The summed E-state index contributed by atoms with van der Waals surface area (Å²) in [6, 6.07) is 12.4. The van der Waals surface area contributed by atoms with E-state index in [4.69, 9.17) is 0 Å². The Bertz CT molecular complexity index is 1060. The highest BCUT2D eigenvalue weighted by Crippen LogP contribution is 2.25. The average Bonchev–Trinajstić information content (AvgIpc) is 3.35. The lowest BCUT2D eigenvalue weighted by molar-refractivity contribution is -0.126. The summed E-state index contributed by atoms with van der Waals surface area (Å²) in [6.07, 6.45) is 0.106. The lowest BCUT2D eigenvalue weighted by Crippen LogP contribution is -2.33. The molecule has 1 aliphatic heterocycles. The first-order valence-electron chi connectivity index (χ1n) is 8.89. The summed E-state index contributed by atoms with van der Waals surface area (Å²) in [4.78, 5) is 26.4. The number of carbonyl (C=O) groups is 2. The molecule has 29 heavy (non-hydrogen) atoms. The highest BCUT2D eigenvalue weighted by molar-refractivity contribution is 6.00. The van der Waals surface area contributed by atoms with E-state index in [9.17, 15) is 18.4 Å². The molecule has 2 heterocycles. The fraction of sp³-hybridized carbons (Fsp3) is 0.211. The molecule has 1 fully saturated rings. The van der Waals surface area contributed by atoms with E-state index in [1.807, 2.05) is 30.3 Å². The summed E-state index contributed by atoms with van der Waals surface area (Å²) in [5.41, 5.74) is 0.972. The summed E-state index contributed by atoms with van der Waals surface area (Å²) in [7, 11) is 0. The van der Waals surface area contributed by atoms with Crippen molar-refractivity contribution >= 4 is 17.5 Å². The van der Waals surface area contributed by atoms with Crippen molar-refractivity contribution < 1.29 is 18.4 Å². The normalized spacial score (nSPS) is 16.3. The number of rotatable bonds is 5. The largest absolute Gasteiger partial charge is 0.348 e. The average molecular weight is 398 g/mol. The smallest absolute Gasteiger partial charge is 0.227 e. The standard InChI is InChI=1S/C19H16F2N6O2/c20-15-7-6-14(9-16(15)21)27-17(23-24-25-27)10-22-19(29)12-8-18(28)26(11-12)13-4-2-1-3-5-13/h1-7,9,12H,8,10-11H2,(H,22,29). The Morgan fingerprint density at radius 2 is 1.90 bits per heavy atom. The van der Waals surface area contributed by atoms with Crippen molar-refractivity contribution in [2.24, 2.45) is 5.92 Å². The van der Waals surface area contributed by atoms with Gasteiger partial charge in [0.15, 0.2) is 17.5 Å². The maximum atomic E-state index is 13.5. The number of hydrogen-bond acceptors (Lipinski definition) is 5. The van der Waals surface area contributed by atoms with E-state index in [0.717, 1.165) is 17.8 Å². The van der Waals surface area contributed by atoms with Gasteiger partial charge < -0.3 is 10.2 Å². The molecule has 1 aromatic heterocycles. The van der Waals surface area contributed by atoms with Gasteiger partial charge in [0.25, 0.3) is 0 Å². The molecular formula is C19H16F2N6O2. The Morgan fingerprint density at radius 3 is 2.66 bits per heavy atom. The van der Waals surface area contributed by atoms with Crippen molar-refractivity contribution in [2.75, 3.05) is 11.4 Å². The number of amides is 2. The predicted octanol–water partition coefficient (Wildman–Crippen LogP) is 1.61. The Morgan fingerprint density at radius 1 is 1.10 bits per heavy atom. The van der Waals surface area contributed by atoms with Gasteiger partial charge in [-0.2, -0.15) is 4.68 Å². The molecule has 2 aromatic carbocycles. The first-order chi connectivity index (χ1) is 14.0. The Hall–Kier alpha value is -3.69. The van der Waals surface area contributed by atoms with Gasteiger partial charge in [-0.25, -0.2) is 8.78 Å². The van der Waals surface area contributed by atoms with Gasteiger partial charge in [0.2, 0.25) is 11.8 Å². The van der Waals surface area contributed by atoms with E-state index in [0.29, 0.717) is 0 Å². The molecule has 0 saturated carbocycles. The van der Waals surface area contributed by atoms with Gasteiger partial charge >= 0.3 is 0 Å². The van der Waals surface area contributed by atoms with Crippen LogP contribution >= 0.6 is 0 Å². The van der Waals surface area contributed by atoms with Gasteiger partial charge in [0, 0.05) is 24.7 Å². The number of para-hydroxylation sites is 1. The number of carbonyl (C=O) groups excluding carboxylic acids is 2. The van der Waals surface area contributed by atoms with Gasteiger partial charge in [-0.05, 0) is 34.7 Å². The summed E-state index contributed by atoms with van der Waals surface area (Å²) in [5.74, 6) is -2.70. The molecule has 1 aliphatic rings. The molecular weight excluding hydrogens is 382 g/mol. The van der Waals surface area contributed by atoms with Gasteiger partial charge in [-0.15, -0.1) is 5.10 Å². The van der Waals surface area contributed by atoms with Crippen LogP contribution in [0.1, 0.15) is 12.2 Å². The van der Waals surface area contributed by atoms with Crippen LogP contribution in [-0.4, -0.2) is 38.6 Å². The zero-order valence-corrected chi connectivity index (χ0v) is 15.1. The maximum Gasteiger partial charge on any atom is 0.227 e. The number of nitrogens with one attached hydrogen (secondary N) is 1. The molecule has 4 rings (SSSR count). The fourth-order valence-corrected chi connectivity index (χ4v) is 3.18. The number of aromatic nitrogens is 4. The van der Waals surface area contributed by atoms with E-state index >= 15 is 0 Å². The third-order valence-corrected chi connectivity index (χ3v) is 4.67. The zero-order valence-electron chi connectivity index (χ0n) is 15.1. The summed E-state index contributed by atoms with van der Waals surface area (Å²) in [6.45, 7) is 0.254. The third kappa shape index (κ3) is 3.82. The van der Waals surface area contributed by atoms with E-state index in [2.05, 4.69) is 20.8 Å². The van der Waals surface area contributed by atoms with Gasteiger partial charge in [0.1, 0.15) is 0 Å². The van der Waals surface area contributed by atoms with Gasteiger partial charge in [0.05, 0.1) is 18.2 Å². The molecule has 1 atom stereocenters. The number of anilines is 1. The molecule has 148 valence electrons. The second kappa shape index (κ2) is 7.74. The summed E-state index contributed by atoms with van der Waals surface area (Å²) >= 11 is 0. The van der Waals surface area contributed by atoms with Crippen LogP contribution in [0.15, 0.2) is 48.5 Å². The molecule has 1 unspecified atom stereocenters. The van der Waals surface area contributed by atoms with Crippen LogP contribution in [0.25, 0.3) is 5.69 Å². The van der Waals surface area contributed by atoms with Crippen LogP contribution in [0, 0.1) is 17.6 Å². The minimum atomic E-state index is -1.03. The third-order valence-electron chi connectivity index (χ3n) is 4.67. The predicted molar refractivity (Wildman–Crippen MR) is 97.8 cm³/mol. The highest BCUT2D eigenvalue weighted by atomic mass is 19.2. The van der Waals surface area contributed by atoms with Crippen molar-refractivity contribution in [1.82, 2.24) is 25.5 Å².